The number of phenols is 1. The molecule has 0 aliphatic carbocycles. The fourth-order valence-corrected chi connectivity index (χ4v) is 4.16. The summed E-state index contributed by atoms with van der Waals surface area (Å²) in [6.07, 6.45) is -3.67. The summed E-state index contributed by atoms with van der Waals surface area (Å²) >= 11 is 3.21. The van der Waals surface area contributed by atoms with Crippen molar-refractivity contribution in [3.8, 4) is 23.0 Å². The van der Waals surface area contributed by atoms with E-state index < -0.39 is 51.5 Å². The summed E-state index contributed by atoms with van der Waals surface area (Å²) in [6, 6.07) is 8.49. The van der Waals surface area contributed by atoms with Crippen molar-refractivity contribution >= 4 is 51.2 Å². The van der Waals surface area contributed by atoms with Crippen molar-refractivity contribution in [3.05, 3.63) is 85.9 Å². The maximum Gasteiger partial charge on any atom is 0.416 e. The number of rotatable bonds is 6. The highest BCUT2D eigenvalue weighted by Crippen LogP contribution is 2.44. The molecule has 206 valence electrons. The van der Waals surface area contributed by atoms with Crippen LogP contribution in [0.1, 0.15) is 11.1 Å². The third-order valence-corrected chi connectivity index (χ3v) is 6.06. The number of imide groups is 2. The molecule has 4 amide bonds. The Bertz CT molecular complexity index is 1590. The van der Waals surface area contributed by atoms with Gasteiger partial charge in [-0.3, -0.25) is 25.0 Å². The normalized spacial score (nSPS) is 14.8. The summed E-state index contributed by atoms with van der Waals surface area (Å²) in [6.45, 7) is 0. The molecule has 0 spiro atoms. The van der Waals surface area contributed by atoms with E-state index in [1.54, 1.807) is 0 Å². The molecule has 1 aliphatic rings. The van der Waals surface area contributed by atoms with E-state index in [0.29, 0.717) is 17.0 Å². The summed E-state index contributed by atoms with van der Waals surface area (Å²) in [5.74, 6) is -2.77. The van der Waals surface area contributed by atoms with Crippen LogP contribution in [0.3, 0.4) is 0 Å². The van der Waals surface area contributed by atoms with Crippen LogP contribution in [-0.4, -0.2) is 35.0 Å². The Kier molecular flexibility index (Phi) is 7.51. The second-order valence-electron chi connectivity index (χ2n) is 8.05. The first-order valence-electron chi connectivity index (χ1n) is 10.9. The Labute approximate surface area is 230 Å². The lowest BCUT2D eigenvalue weighted by molar-refractivity contribution is -0.385. The molecular weight excluding hydrogens is 607 g/mol. The lowest BCUT2D eigenvalue weighted by Gasteiger charge is -2.26. The van der Waals surface area contributed by atoms with Crippen molar-refractivity contribution in [2.24, 2.45) is 0 Å². The number of alkyl halides is 3. The van der Waals surface area contributed by atoms with Gasteiger partial charge in [0.05, 0.1) is 27.8 Å². The monoisotopic (exact) mass is 621 g/mol. The van der Waals surface area contributed by atoms with Crippen LogP contribution in [0, 0.1) is 10.1 Å². The first kappa shape index (κ1) is 28.1. The van der Waals surface area contributed by atoms with Crippen molar-refractivity contribution in [3.63, 3.8) is 0 Å². The predicted molar refractivity (Wildman–Crippen MR) is 136 cm³/mol. The third kappa shape index (κ3) is 5.58. The van der Waals surface area contributed by atoms with Crippen molar-refractivity contribution in [1.29, 1.82) is 0 Å². The molecule has 1 heterocycles. The smallest absolute Gasteiger partial charge is 0.416 e. The number of carbonyl (C=O) groups is 3. The minimum Gasteiger partial charge on any atom is -0.508 e. The molecule has 0 radical (unpaired) electrons. The minimum absolute atomic E-state index is 0.0643. The highest BCUT2D eigenvalue weighted by Gasteiger charge is 2.37. The number of hydrogen-bond donors (Lipinski definition) is 2. The van der Waals surface area contributed by atoms with Gasteiger partial charge in [0, 0.05) is 6.07 Å². The predicted octanol–water partition coefficient (Wildman–Crippen LogP) is 5.55. The summed E-state index contributed by atoms with van der Waals surface area (Å²) in [7, 11) is 1.22. The zero-order valence-electron chi connectivity index (χ0n) is 20.0. The van der Waals surface area contributed by atoms with Gasteiger partial charge in [0.25, 0.3) is 11.8 Å². The minimum atomic E-state index is -4.82. The van der Waals surface area contributed by atoms with Gasteiger partial charge in [0.2, 0.25) is 5.75 Å². The number of barbiturate groups is 1. The Hall–Kier alpha value is -4.92. The van der Waals surface area contributed by atoms with Crippen molar-refractivity contribution < 1.29 is 47.1 Å². The molecule has 11 nitrogen and oxygen atoms in total. The standard InChI is InChI=1S/C25H15BrF3N3O8/c1-39-20-10-12(8-16-22(34)30-24(36)31(23(16)35)14-3-5-15(33)6-4-14)9-17(26)21(20)40-19-7-2-13(25(27,28)29)11-18(19)32(37)38/h2-11,33H,1H3,(H,30,34,36)/b16-8+. The Morgan fingerprint density at radius 3 is 2.33 bits per heavy atom. The number of phenolic OH excluding ortho intramolecular Hbond substituents is 1. The van der Waals surface area contributed by atoms with Gasteiger partial charge in [0.1, 0.15) is 11.3 Å². The number of nitro benzene ring substituents is 1. The summed E-state index contributed by atoms with van der Waals surface area (Å²) < 4.78 is 50.1. The molecule has 0 saturated carbocycles. The van der Waals surface area contributed by atoms with E-state index in [1.807, 2.05) is 5.32 Å². The second kappa shape index (κ2) is 10.7. The van der Waals surface area contributed by atoms with E-state index in [9.17, 15) is 42.8 Å². The second-order valence-corrected chi connectivity index (χ2v) is 8.90. The molecule has 0 atom stereocenters. The largest absolute Gasteiger partial charge is 0.508 e. The average Bonchev–Trinajstić information content (AvgIpc) is 2.88. The van der Waals surface area contributed by atoms with Crippen molar-refractivity contribution in [1.82, 2.24) is 5.32 Å². The zero-order valence-corrected chi connectivity index (χ0v) is 21.6. The summed E-state index contributed by atoms with van der Waals surface area (Å²) in [5.41, 5.74) is -2.35. The molecule has 0 unspecified atom stereocenters. The number of aromatic hydroxyl groups is 1. The van der Waals surface area contributed by atoms with E-state index in [0.717, 1.165) is 12.1 Å². The molecule has 1 aliphatic heterocycles. The number of urea groups is 1. The number of anilines is 1. The van der Waals surface area contributed by atoms with E-state index in [-0.39, 0.29) is 33.0 Å². The molecule has 40 heavy (non-hydrogen) atoms. The van der Waals surface area contributed by atoms with E-state index in [2.05, 4.69) is 15.9 Å². The number of methoxy groups -OCH3 is 1. The maximum absolute atomic E-state index is 13.1. The fourth-order valence-electron chi connectivity index (χ4n) is 3.62. The highest BCUT2D eigenvalue weighted by atomic mass is 79.9. The molecule has 3 aromatic carbocycles. The number of nitrogens with one attached hydrogen (secondary N) is 1. The van der Waals surface area contributed by atoms with E-state index in [4.69, 9.17) is 9.47 Å². The number of benzene rings is 3. The molecule has 1 fully saturated rings. The van der Waals surface area contributed by atoms with Crippen LogP contribution in [0.15, 0.2) is 64.6 Å². The first-order valence-corrected chi connectivity index (χ1v) is 11.7. The fraction of sp³-hybridized carbons (Fsp3) is 0.0800. The van der Waals surface area contributed by atoms with Crippen LogP contribution in [0.25, 0.3) is 6.08 Å². The van der Waals surface area contributed by atoms with E-state index >= 15 is 0 Å². The van der Waals surface area contributed by atoms with Gasteiger partial charge in [-0.15, -0.1) is 0 Å². The molecule has 15 heteroatoms. The quantitative estimate of drug-likeness (QED) is 0.157. The van der Waals surface area contributed by atoms with Crippen LogP contribution in [0.2, 0.25) is 0 Å². The maximum atomic E-state index is 13.1. The molecular formula is C25H15BrF3N3O8. The van der Waals surface area contributed by atoms with Crippen LogP contribution >= 0.6 is 15.9 Å². The lowest BCUT2D eigenvalue weighted by Crippen LogP contribution is -2.54. The summed E-state index contributed by atoms with van der Waals surface area (Å²) in [5, 5.41) is 23.0. The number of amides is 4. The van der Waals surface area contributed by atoms with Crippen LogP contribution in [0.5, 0.6) is 23.0 Å². The number of ether oxygens (including phenoxy) is 2. The number of carbonyl (C=O) groups excluding carboxylic acids is 3. The molecule has 4 rings (SSSR count). The molecule has 0 aromatic heterocycles. The van der Waals surface area contributed by atoms with Gasteiger partial charge in [0.15, 0.2) is 11.5 Å². The molecule has 0 bridgehead atoms. The van der Waals surface area contributed by atoms with Crippen LogP contribution in [-0.2, 0) is 15.8 Å². The number of nitrogens with zero attached hydrogens (tertiary/aromatic N) is 2. The zero-order chi connectivity index (χ0) is 29.4. The highest BCUT2D eigenvalue weighted by molar-refractivity contribution is 9.10. The molecule has 3 aromatic rings. The lowest BCUT2D eigenvalue weighted by atomic mass is 10.1. The van der Waals surface area contributed by atoms with Gasteiger partial charge < -0.3 is 14.6 Å². The summed E-state index contributed by atoms with van der Waals surface area (Å²) in [4.78, 5) is 49.0. The van der Waals surface area contributed by atoms with Gasteiger partial charge in [-0.05, 0) is 76.1 Å². The van der Waals surface area contributed by atoms with Gasteiger partial charge >= 0.3 is 17.9 Å². The Morgan fingerprint density at radius 2 is 1.73 bits per heavy atom. The third-order valence-electron chi connectivity index (χ3n) is 5.47. The first-order chi connectivity index (χ1) is 18.8. The Morgan fingerprint density at radius 1 is 1.05 bits per heavy atom. The van der Waals surface area contributed by atoms with Gasteiger partial charge in [-0.25, -0.2) is 9.69 Å². The van der Waals surface area contributed by atoms with Crippen molar-refractivity contribution in [2.45, 2.75) is 6.18 Å². The van der Waals surface area contributed by atoms with Crippen LogP contribution < -0.4 is 19.7 Å². The molecule has 1 saturated heterocycles. The average molecular weight is 622 g/mol. The van der Waals surface area contributed by atoms with E-state index in [1.165, 1.54) is 43.5 Å². The topological polar surface area (TPSA) is 148 Å². The number of nitro groups is 1. The number of halogens is 4. The SMILES string of the molecule is COc1cc(/C=C2\C(=O)NC(=O)N(c3ccc(O)cc3)C2=O)cc(Br)c1Oc1ccc(C(F)(F)F)cc1[N+](=O)[O-]. The van der Waals surface area contributed by atoms with Gasteiger partial charge in [-0.2, -0.15) is 13.2 Å². The molecule has 2 N–H and O–H groups in total. The van der Waals surface area contributed by atoms with Crippen molar-refractivity contribution in [2.75, 3.05) is 12.0 Å². The Balaban J connectivity index is 1.71. The van der Waals surface area contributed by atoms with Gasteiger partial charge in [-0.1, -0.05) is 0 Å². The number of hydrogen-bond acceptors (Lipinski definition) is 8. The van der Waals surface area contributed by atoms with Crippen LogP contribution in [0.4, 0.5) is 29.3 Å².